The van der Waals surface area contributed by atoms with Gasteiger partial charge in [-0.2, -0.15) is 0 Å². The van der Waals surface area contributed by atoms with Crippen LogP contribution >= 0.6 is 0 Å². The molecule has 198 valence electrons. The second kappa shape index (κ2) is 11.8. The average molecular weight is 503 g/mol. The van der Waals surface area contributed by atoms with Gasteiger partial charge in [0, 0.05) is 11.8 Å². The Hall–Kier alpha value is -2.62. The first-order chi connectivity index (χ1) is 18.1. The maximum Gasteiger partial charge on any atom is 0.338 e. The number of aryl methyl sites for hydroxylation is 2. The number of benzene rings is 2. The van der Waals surface area contributed by atoms with Crippen molar-refractivity contribution in [2.24, 2.45) is 23.7 Å². The lowest BCUT2D eigenvalue weighted by Crippen LogP contribution is -2.47. The molecular formula is C33H42O4. The Morgan fingerprint density at radius 2 is 1.05 bits per heavy atom. The van der Waals surface area contributed by atoms with Crippen molar-refractivity contribution in [1.29, 1.82) is 0 Å². The van der Waals surface area contributed by atoms with E-state index in [2.05, 4.69) is 13.8 Å². The van der Waals surface area contributed by atoms with E-state index in [9.17, 15) is 9.59 Å². The van der Waals surface area contributed by atoms with Crippen LogP contribution < -0.4 is 0 Å². The van der Waals surface area contributed by atoms with Crippen molar-refractivity contribution in [2.45, 2.75) is 96.7 Å². The number of hydrogen-bond donors (Lipinski definition) is 0. The standard InChI is InChI=1S/C33H42O4/c1-3-5-9-22-13-17-24(18-14-22)32(34)36-30-28-21-29(27-12-8-7-11-26(27)28)31(30)37-33(35)25-19-15-23(16-20-25)10-6-4-2/h13-20,26-31H,3-12,21H2,1-2H3. The third-order valence-corrected chi connectivity index (χ3v) is 9.19. The molecule has 3 aliphatic rings. The zero-order chi connectivity index (χ0) is 25.8. The molecule has 0 aliphatic heterocycles. The monoisotopic (exact) mass is 502 g/mol. The van der Waals surface area contributed by atoms with Crippen molar-refractivity contribution in [1.82, 2.24) is 0 Å². The molecule has 5 rings (SSSR count). The van der Waals surface area contributed by atoms with Crippen molar-refractivity contribution in [2.75, 3.05) is 0 Å². The summed E-state index contributed by atoms with van der Waals surface area (Å²) in [4.78, 5) is 26.4. The molecule has 0 heterocycles. The Labute approximate surface area is 222 Å². The van der Waals surface area contributed by atoms with Gasteiger partial charge in [0.25, 0.3) is 0 Å². The highest BCUT2D eigenvalue weighted by Crippen LogP contribution is 2.59. The van der Waals surface area contributed by atoms with Gasteiger partial charge in [0.05, 0.1) is 11.1 Å². The Morgan fingerprint density at radius 1 is 0.649 bits per heavy atom. The molecular weight excluding hydrogens is 460 g/mol. The number of unbranched alkanes of at least 4 members (excludes halogenated alkanes) is 2. The van der Waals surface area contributed by atoms with Crippen LogP contribution in [0.2, 0.25) is 0 Å². The second-order valence-corrected chi connectivity index (χ2v) is 11.5. The number of carbonyl (C=O) groups is 2. The molecule has 0 amide bonds. The predicted molar refractivity (Wildman–Crippen MR) is 146 cm³/mol. The average Bonchev–Trinajstić information content (AvgIpc) is 3.48. The molecule has 4 heteroatoms. The van der Waals surface area contributed by atoms with E-state index in [1.807, 2.05) is 48.5 Å². The highest BCUT2D eigenvalue weighted by atomic mass is 16.6. The first-order valence-corrected chi connectivity index (χ1v) is 14.7. The van der Waals surface area contributed by atoms with Crippen molar-refractivity contribution >= 4 is 11.9 Å². The summed E-state index contributed by atoms with van der Waals surface area (Å²) >= 11 is 0. The molecule has 6 atom stereocenters. The normalized spacial score (nSPS) is 28.1. The third kappa shape index (κ3) is 5.63. The molecule has 0 aromatic heterocycles. The van der Waals surface area contributed by atoms with Crippen molar-refractivity contribution in [3.63, 3.8) is 0 Å². The zero-order valence-electron chi connectivity index (χ0n) is 22.5. The lowest BCUT2D eigenvalue weighted by atomic mass is 9.69. The van der Waals surface area contributed by atoms with Crippen LogP contribution in [-0.2, 0) is 22.3 Å². The minimum absolute atomic E-state index is 0.289. The van der Waals surface area contributed by atoms with Crippen LogP contribution in [0.1, 0.15) is 103 Å². The molecule has 0 spiro atoms. The number of carbonyl (C=O) groups excluding carboxylic acids is 2. The molecule has 2 bridgehead atoms. The predicted octanol–water partition coefficient (Wildman–Crippen LogP) is 7.58. The quantitative estimate of drug-likeness (QED) is 0.314. The van der Waals surface area contributed by atoms with Crippen LogP contribution in [0.4, 0.5) is 0 Å². The third-order valence-electron chi connectivity index (χ3n) is 9.19. The van der Waals surface area contributed by atoms with Crippen LogP contribution in [0.25, 0.3) is 0 Å². The van der Waals surface area contributed by atoms with Gasteiger partial charge in [-0.1, -0.05) is 63.8 Å². The lowest BCUT2D eigenvalue weighted by molar-refractivity contribution is -0.0872. The Balaban J connectivity index is 1.30. The van der Waals surface area contributed by atoms with Crippen LogP contribution in [-0.4, -0.2) is 24.1 Å². The fraction of sp³-hybridized carbons (Fsp3) is 0.576. The van der Waals surface area contributed by atoms with E-state index in [-0.39, 0.29) is 36.0 Å². The summed E-state index contributed by atoms with van der Waals surface area (Å²) in [6.07, 6.45) is 11.8. The van der Waals surface area contributed by atoms with Gasteiger partial charge in [0.1, 0.15) is 12.2 Å². The second-order valence-electron chi connectivity index (χ2n) is 11.5. The summed E-state index contributed by atoms with van der Waals surface area (Å²) < 4.78 is 12.4. The minimum Gasteiger partial charge on any atom is -0.455 e. The number of fused-ring (bicyclic) bond motifs is 5. The van der Waals surface area contributed by atoms with E-state index < -0.39 is 0 Å². The summed E-state index contributed by atoms with van der Waals surface area (Å²) in [5.74, 6) is 1.15. The lowest BCUT2D eigenvalue weighted by Gasteiger charge is -2.42. The minimum atomic E-state index is -0.357. The summed E-state index contributed by atoms with van der Waals surface area (Å²) in [6, 6.07) is 15.7. The summed E-state index contributed by atoms with van der Waals surface area (Å²) in [7, 11) is 0. The molecule has 2 aromatic carbocycles. The Kier molecular flexibility index (Phi) is 8.32. The smallest absolute Gasteiger partial charge is 0.338 e. The number of ether oxygens (including phenoxy) is 2. The van der Waals surface area contributed by atoms with Crippen molar-refractivity contribution in [3.05, 3.63) is 70.8 Å². The van der Waals surface area contributed by atoms with Gasteiger partial charge >= 0.3 is 11.9 Å². The molecule has 3 aliphatic carbocycles. The van der Waals surface area contributed by atoms with Crippen LogP contribution in [0.15, 0.2) is 48.5 Å². The van der Waals surface area contributed by atoms with E-state index >= 15 is 0 Å². The zero-order valence-corrected chi connectivity index (χ0v) is 22.5. The van der Waals surface area contributed by atoms with E-state index in [1.165, 1.54) is 36.8 Å². The van der Waals surface area contributed by atoms with E-state index in [1.54, 1.807) is 0 Å². The van der Waals surface area contributed by atoms with Gasteiger partial charge < -0.3 is 9.47 Å². The van der Waals surface area contributed by atoms with Gasteiger partial charge in [-0.15, -0.1) is 0 Å². The maximum atomic E-state index is 13.2. The molecule has 0 radical (unpaired) electrons. The molecule has 3 fully saturated rings. The molecule has 37 heavy (non-hydrogen) atoms. The highest BCUT2D eigenvalue weighted by molar-refractivity contribution is 5.90. The Bertz CT molecular complexity index is 971. The topological polar surface area (TPSA) is 52.6 Å². The highest BCUT2D eigenvalue weighted by Gasteiger charge is 2.61. The molecule has 0 saturated heterocycles. The molecule has 0 N–H and O–H groups in total. The van der Waals surface area contributed by atoms with E-state index in [4.69, 9.17) is 9.47 Å². The first kappa shape index (κ1) is 26.0. The van der Waals surface area contributed by atoms with E-state index in [0.29, 0.717) is 23.0 Å². The molecule has 3 saturated carbocycles. The maximum absolute atomic E-state index is 13.2. The van der Waals surface area contributed by atoms with E-state index in [0.717, 1.165) is 44.9 Å². The summed E-state index contributed by atoms with van der Waals surface area (Å²) in [5.41, 5.74) is 3.65. The number of rotatable bonds is 10. The van der Waals surface area contributed by atoms with Gasteiger partial charge in [-0.05, 0) is 92.2 Å². The van der Waals surface area contributed by atoms with Crippen LogP contribution in [0, 0.1) is 23.7 Å². The van der Waals surface area contributed by atoms with Crippen LogP contribution in [0.5, 0.6) is 0 Å². The first-order valence-electron chi connectivity index (χ1n) is 14.7. The fourth-order valence-corrected chi connectivity index (χ4v) is 7.23. The van der Waals surface area contributed by atoms with Gasteiger partial charge in [0.15, 0.2) is 0 Å². The van der Waals surface area contributed by atoms with Gasteiger partial charge in [-0.3, -0.25) is 0 Å². The van der Waals surface area contributed by atoms with Gasteiger partial charge in [-0.25, -0.2) is 9.59 Å². The fourth-order valence-electron chi connectivity index (χ4n) is 7.23. The number of esters is 2. The molecule has 4 nitrogen and oxygen atoms in total. The largest absolute Gasteiger partial charge is 0.455 e. The summed E-state index contributed by atoms with van der Waals surface area (Å²) in [5, 5.41) is 0. The van der Waals surface area contributed by atoms with Gasteiger partial charge in [0.2, 0.25) is 0 Å². The van der Waals surface area contributed by atoms with Crippen molar-refractivity contribution < 1.29 is 19.1 Å². The van der Waals surface area contributed by atoms with Crippen LogP contribution in [0.3, 0.4) is 0 Å². The summed E-state index contributed by atoms with van der Waals surface area (Å²) in [6.45, 7) is 4.37. The SMILES string of the molecule is CCCCc1ccc(C(=O)OC2C3CC(C4CCCCC43)C2OC(=O)c2ccc(CCCC)cc2)cc1. The van der Waals surface area contributed by atoms with Crippen molar-refractivity contribution in [3.8, 4) is 0 Å². The Morgan fingerprint density at radius 3 is 1.43 bits per heavy atom. The molecule has 6 unspecified atom stereocenters. The number of hydrogen-bond acceptors (Lipinski definition) is 4. The molecule has 2 aromatic rings.